The molecule has 25 heavy (non-hydrogen) atoms. The van der Waals surface area contributed by atoms with Crippen LogP contribution >= 0.6 is 11.3 Å². The molecule has 0 aliphatic rings. The smallest absolute Gasteiger partial charge is 0.235 e. The number of nitrogens with zero attached hydrogens (tertiary/aromatic N) is 4. The molecule has 7 heteroatoms. The largest absolute Gasteiger partial charge is 0.496 e. The molecule has 0 bridgehead atoms. The van der Waals surface area contributed by atoms with Crippen LogP contribution in [0.1, 0.15) is 6.92 Å². The van der Waals surface area contributed by atoms with Gasteiger partial charge in [-0.25, -0.2) is 0 Å². The van der Waals surface area contributed by atoms with E-state index >= 15 is 0 Å². The summed E-state index contributed by atoms with van der Waals surface area (Å²) < 4.78 is 12.9. The van der Waals surface area contributed by atoms with Crippen molar-refractivity contribution in [2.75, 3.05) is 13.7 Å². The van der Waals surface area contributed by atoms with Gasteiger partial charge in [-0.15, -0.1) is 10.2 Å². The molecule has 2 aromatic heterocycles. The molecule has 126 valence electrons. The lowest BCUT2D eigenvalue weighted by Gasteiger charge is -2.07. The third-order valence-corrected chi connectivity index (χ3v) is 4.69. The highest BCUT2D eigenvalue weighted by Gasteiger charge is 2.18. The molecule has 0 N–H and O–H groups in total. The van der Waals surface area contributed by atoms with Crippen molar-refractivity contribution in [3.63, 3.8) is 0 Å². The highest BCUT2D eigenvalue weighted by atomic mass is 32.1. The first-order chi connectivity index (χ1) is 12.3. The lowest BCUT2D eigenvalue weighted by Crippen LogP contribution is -1.96. The van der Waals surface area contributed by atoms with Gasteiger partial charge in [0.2, 0.25) is 4.96 Å². The number of ether oxygens (including phenoxy) is 2. The molecule has 0 fully saturated rings. The number of para-hydroxylation sites is 2. The number of hydrogen-bond donors (Lipinski definition) is 0. The molecule has 2 aromatic carbocycles. The quantitative estimate of drug-likeness (QED) is 0.545. The summed E-state index contributed by atoms with van der Waals surface area (Å²) in [5.41, 5.74) is 1.80. The van der Waals surface area contributed by atoms with Crippen molar-refractivity contribution < 1.29 is 9.47 Å². The summed E-state index contributed by atoms with van der Waals surface area (Å²) in [4.78, 5) is 0.724. The molecule has 0 saturated carbocycles. The number of fused-ring (bicyclic) bond motifs is 1. The lowest BCUT2D eigenvalue weighted by molar-refractivity contribution is 0.341. The Bertz CT molecular complexity index is 1020. The molecule has 0 unspecified atom stereocenters. The van der Waals surface area contributed by atoms with Crippen LogP contribution in [0, 0.1) is 0 Å². The summed E-state index contributed by atoms with van der Waals surface area (Å²) in [6.45, 7) is 2.57. The van der Waals surface area contributed by atoms with Crippen molar-refractivity contribution >= 4 is 16.3 Å². The zero-order valence-electron chi connectivity index (χ0n) is 13.8. The molecular weight excluding hydrogens is 336 g/mol. The van der Waals surface area contributed by atoms with Gasteiger partial charge in [-0.3, -0.25) is 0 Å². The van der Waals surface area contributed by atoms with Crippen molar-refractivity contribution in [1.29, 1.82) is 0 Å². The highest BCUT2D eigenvalue weighted by molar-refractivity contribution is 7.19. The standard InChI is InChI=1S/C18H16N4O2S/c1-3-24-15-11-7-5-9-13(15)17-21-22-16(19-20-18(22)25-17)12-8-4-6-10-14(12)23-2/h4-11H,3H2,1-2H3. The fraction of sp³-hybridized carbons (Fsp3) is 0.167. The molecule has 0 atom stereocenters. The topological polar surface area (TPSA) is 61.5 Å². The van der Waals surface area contributed by atoms with E-state index in [1.807, 2.05) is 55.5 Å². The Labute approximate surface area is 148 Å². The molecule has 0 radical (unpaired) electrons. The van der Waals surface area contributed by atoms with Crippen LogP contribution in [0.2, 0.25) is 0 Å². The first kappa shape index (κ1) is 15.6. The van der Waals surface area contributed by atoms with Crippen LogP contribution in [-0.2, 0) is 0 Å². The SMILES string of the molecule is CCOc1ccccc1-c1nn2c(-c3ccccc3OC)nnc2s1. The van der Waals surface area contributed by atoms with Gasteiger partial charge in [0, 0.05) is 0 Å². The monoisotopic (exact) mass is 352 g/mol. The maximum atomic E-state index is 5.72. The van der Waals surface area contributed by atoms with Crippen molar-refractivity contribution in [2.24, 2.45) is 0 Å². The molecule has 0 spiro atoms. The van der Waals surface area contributed by atoms with Gasteiger partial charge in [-0.05, 0) is 31.2 Å². The molecule has 2 heterocycles. The van der Waals surface area contributed by atoms with Crippen LogP contribution < -0.4 is 9.47 Å². The summed E-state index contributed by atoms with van der Waals surface area (Å²) in [7, 11) is 1.64. The van der Waals surface area contributed by atoms with E-state index in [4.69, 9.17) is 14.6 Å². The zero-order valence-corrected chi connectivity index (χ0v) is 14.7. The van der Waals surface area contributed by atoms with Crippen LogP contribution in [0.15, 0.2) is 48.5 Å². The van der Waals surface area contributed by atoms with E-state index < -0.39 is 0 Å². The second kappa shape index (κ2) is 6.52. The first-order valence-corrected chi connectivity index (χ1v) is 8.71. The number of benzene rings is 2. The molecule has 4 rings (SSSR count). The molecular formula is C18H16N4O2S. The summed E-state index contributed by atoms with van der Waals surface area (Å²) in [6, 6.07) is 15.6. The summed E-state index contributed by atoms with van der Waals surface area (Å²) in [6.07, 6.45) is 0. The van der Waals surface area contributed by atoms with E-state index in [-0.39, 0.29) is 0 Å². The molecule has 0 amide bonds. The second-order valence-corrected chi connectivity index (χ2v) is 6.21. The van der Waals surface area contributed by atoms with Crippen LogP contribution in [0.3, 0.4) is 0 Å². The van der Waals surface area contributed by atoms with Crippen molar-refractivity contribution in [2.45, 2.75) is 6.92 Å². The summed E-state index contributed by atoms with van der Waals surface area (Å²) >= 11 is 1.48. The Morgan fingerprint density at radius 3 is 2.44 bits per heavy atom. The summed E-state index contributed by atoms with van der Waals surface area (Å²) in [5.74, 6) is 2.21. The van der Waals surface area contributed by atoms with Crippen molar-refractivity contribution in [3.8, 4) is 33.5 Å². The fourth-order valence-corrected chi connectivity index (χ4v) is 3.52. The molecule has 0 saturated heterocycles. The van der Waals surface area contributed by atoms with Crippen LogP contribution in [0.5, 0.6) is 11.5 Å². The predicted molar refractivity (Wildman–Crippen MR) is 97.3 cm³/mol. The molecule has 0 aliphatic heterocycles. The van der Waals surface area contributed by atoms with E-state index in [9.17, 15) is 0 Å². The molecule has 6 nitrogen and oxygen atoms in total. The summed E-state index contributed by atoms with van der Waals surface area (Å²) in [5, 5.41) is 14.1. The van der Waals surface area contributed by atoms with E-state index in [1.165, 1.54) is 11.3 Å². The van der Waals surface area contributed by atoms with E-state index in [2.05, 4.69) is 10.2 Å². The predicted octanol–water partition coefficient (Wildman–Crippen LogP) is 3.93. The Hall–Kier alpha value is -2.93. The number of hydrogen-bond acceptors (Lipinski definition) is 6. The maximum Gasteiger partial charge on any atom is 0.235 e. The normalized spacial score (nSPS) is 11.0. The van der Waals surface area contributed by atoms with Gasteiger partial charge in [-0.2, -0.15) is 9.61 Å². The fourth-order valence-electron chi connectivity index (χ4n) is 2.65. The number of aromatic nitrogens is 4. The van der Waals surface area contributed by atoms with Gasteiger partial charge in [-0.1, -0.05) is 35.6 Å². The third kappa shape index (κ3) is 2.72. The molecule has 4 aromatic rings. The van der Waals surface area contributed by atoms with Gasteiger partial charge in [0.15, 0.2) is 10.8 Å². The van der Waals surface area contributed by atoms with Crippen molar-refractivity contribution in [3.05, 3.63) is 48.5 Å². The minimum absolute atomic E-state index is 0.605. The highest BCUT2D eigenvalue weighted by Crippen LogP contribution is 2.35. The van der Waals surface area contributed by atoms with Crippen LogP contribution in [-0.4, -0.2) is 33.5 Å². The zero-order chi connectivity index (χ0) is 17.2. The van der Waals surface area contributed by atoms with Gasteiger partial charge in [0.1, 0.15) is 11.5 Å². The average Bonchev–Trinajstić information content (AvgIpc) is 3.23. The van der Waals surface area contributed by atoms with E-state index in [0.29, 0.717) is 12.4 Å². The van der Waals surface area contributed by atoms with Crippen molar-refractivity contribution in [1.82, 2.24) is 19.8 Å². The van der Waals surface area contributed by atoms with Gasteiger partial charge < -0.3 is 9.47 Å². The van der Waals surface area contributed by atoms with Crippen LogP contribution in [0.4, 0.5) is 0 Å². The average molecular weight is 352 g/mol. The van der Waals surface area contributed by atoms with E-state index in [1.54, 1.807) is 11.6 Å². The Kier molecular flexibility index (Phi) is 4.07. The Morgan fingerprint density at radius 1 is 0.960 bits per heavy atom. The maximum absolute atomic E-state index is 5.72. The first-order valence-electron chi connectivity index (χ1n) is 7.89. The minimum Gasteiger partial charge on any atom is -0.496 e. The van der Waals surface area contributed by atoms with Gasteiger partial charge in [0.25, 0.3) is 0 Å². The lowest BCUT2D eigenvalue weighted by atomic mass is 10.2. The number of methoxy groups -OCH3 is 1. The minimum atomic E-state index is 0.605. The van der Waals surface area contributed by atoms with Gasteiger partial charge in [0.05, 0.1) is 24.8 Å². The Balaban J connectivity index is 1.85. The molecule has 0 aliphatic carbocycles. The second-order valence-electron chi connectivity index (χ2n) is 5.25. The third-order valence-electron chi connectivity index (χ3n) is 3.76. The van der Waals surface area contributed by atoms with Gasteiger partial charge >= 0.3 is 0 Å². The van der Waals surface area contributed by atoms with Crippen LogP contribution in [0.25, 0.3) is 26.9 Å². The Morgan fingerprint density at radius 2 is 1.68 bits per heavy atom. The number of rotatable bonds is 5. The van der Waals surface area contributed by atoms with E-state index in [0.717, 1.165) is 32.6 Å².